The lowest BCUT2D eigenvalue weighted by Crippen LogP contribution is -2.48. The van der Waals surface area contributed by atoms with Crippen LogP contribution >= 0.6 is 11.3 Å². The number of piperazine rings is 1. The van der Waals surface area contributed by atoms with Gasteiger partial charge >= 0.3 is 5.88 Å². The van der Waals surface area contributed by atoms with E-state index < -0.39 is 10.8 Å². The van der Waals surface area contributed by atoms with Crippen LogP contribution in [0.25, 0.3) is 11.3 Å². The van der Waals surface area contributed by atoms with Gasteiger partial charge in [0.15, 0.2) is 5.76 Å². The van der Waals surface area contributed by atoms with Gasteiger partial charge in [-0.3, -0.25) is 19.8 Å². The quantitative estimate of drug-likeness (QED) is 0.484. The molecule has 3 heterocycles. The number of hydrogen-bond acceptors (Lipinski definition) is 7. The minimum absolute atomic E-state index is 0.00702. The first-order valence-electron chi connectivity index (χ1n) is 8.86. The van der Waals surface area contributed by atoms with E-state index in [2.05, 4.69) is 10.3 Å². The van der Waals surface area contributed by atoms with Crippen molar-refractivity contribution in [2.24, 2.45) is 0 Å². The number of thiazole rings is 1. The molecule has 28 heavy (non-hydrogen) atoms. The van der Waals surface area contributed by atoms with Crippen molar-refractivity contribution < 1.29 is 14.1 Å². The molecule has 0 saturated carbocycles. The molecular weight excluding hydrogens is 380 g/mol. The molecule has 1 aliphatic rings. The van der Waals surface area contributed by atoms with Crippen LogP contribution in [0.5, 0.6) is 0 Å². The molecule has 2 aromatic heterocycles. The molecule has 1 fully saturated rings. The molecule has 1 aromatic carbocycles. The number of amides is 1. The average Bonchev–Trinajstić information content (AvgIpc) is 3.39. The first-order valence-corrected chi connectivity index (χ1v) is 9.74. The maximum absolute atomic E-state index is 12.4. The van der Waals surface area contributed by atoms with Crippen LogP contribution in [0.4, 0.5) is 5.88 Å². The summed E-state index contributed by atoms with van der Waals surface area (Å²) in [4.78, 5) is 31.1. The molecule has 0 radical (unpaired) electrons. The van der Waals surface area contributed by atoms with Gasteiger partial charge in [0.2, 0.25) is 0 Å². The van der Waals surface area contributed by atoms with E-state index in [0.29, 0.717) is 13.1 Å². The van der Waals surface area contributed by atoms with Crippen LogP contribution in [0.1, 0.15) is 15.6 Å². The first kappa shape index (κ1) is 18.3. The molecule has 9 heteroatoms. The van der Waals surface area contributed by atoms with Gasteiger partial charge in [-0.25, -0.2) is 4.98 Å². The zero-order chi connectivity index (χ0) is 19.5. The Kier molecular flexibility index (Phi) is 5.18. The molecule has 1 aliphatic heterocycles. The largest absolute Gasteiger partial charge is 0.433 e. The molecule has 0 spiro atoms. The monoisotopic (exact) mass is 398 g/mol. The summed E-state index contributed by atoms with van der Waals surface area (Å²) in [7, 11) is 0. The Morgan fingerprint density at radius 1 is 1.14 bits per heavy atom. The van der Waals surface area contributed by atoms with E-state index in [1.165, 1.54) is 12.1 Å². The average molecular weight is 398 g/mol. The van der Waals surface area contributed by atoms with E-state index in [1.54, 1.807) is 16.2 Å². The highest BCUT2D eigenvalue weighted by molar-refractivity contribution is 7.09. The van der Waals surface area contributed by atoms with Crippen molar-refractivity contribution in [3.8, 4) is 11.3 Å². The van der Waals surface area contributed by atoms with Crippen molar-refractivity contribution in [1.82, 2.24) is 14.8 Å². The second-order valence-electron chi connectivity index (χ2n) is 6.46. The summed E-state index contributed by atoms with van der Waals surface area (Å²) in [6, 6.07) is 12.6. The zero-order valence-electron chi connectivity index (χ0n) is 15.0. The van der Waals surface area contributed by atoms with E-state index in [9.17, 15) is 14.9 Å². The number of nitrogens with zero attached hydrogens (tertiary/aromatic N) is 4. The second-order valence-corrected chi connectivity index (χ2v) is 7.40. The molecule has 0 N–H and O–H groups in total. The highest BCUT2D eigenvalue weighted by Crippen LogP contribution is 2.23. The summed E-state index contributed by atoms with van der Waals surface area (Å²) in [5.41, 5.74) is 2.08. The van der Waals surface area contributed by atoms with Crippen LogP contribution in [0.2, 0.25) is 0 Å². The van der Waals surface area contributed by atoms with Crippen LogP contribution in [-0.4, -0.2) is 51.8 Å². The van der Waals surface area contributed by atoms with Gasteiger partial charge in [0, 0.05) is 37.1 Å². The van der Waals surface area contributed by atoms with Crippen molar-refractivity contribution in [3.05, 3.63) is 68.7 Å². The van der Waals surface area contributed by atoms with Crippen LogP contribution in [-0.2, 0) is 6.54 Å². The molecule has 0 bridgehead atoms. The standard InChI is InChI=1S/C19H18N4O4S/c24-19(16-6-7-18(27-16)23(25)26)22-10-8-21(9-11-22)12-17-20-15(13-28-17)14-4-2-1-3-5-14/h1-7,13H,8-12H2. The maximum Gasteiger partial charge on any atom is 0.433 e. The number of carbonyl (C=O) groups is 1. The van der Waals surface area contributed by atoms with Crippen LogP contribution < -0.4 is 0 Å². The molecule has 8 nitrogen and oxygen atoms in total. The minimum Gasteiger partial charge on any atom is -0.395 e. The molecule has 144 valence electrons. The Morgan fingerprint density at radius 3 is 2.57 bits per heavy atom. The molecule has 0 atom stereocenters. The predicted molar refractivity (Wildman–Crippen MR) is 104 cm³/mol. The number of rotatable bonds is 5. The Balaban J connectivity index is 1.32. The molecule has 3 aromatic rings. The Morgan fingerprint density at radius 2 is 1.89 bits per heavy atom. The first-order chi connectivity index (χ1) is 13.6. The fraction of sp³-hybridized carbons (Fsp3) is 0.263. The summed E-state index contributed by atoms with van der Waals surface area (Å²) in [5, 5.41) is 13.8. The number of aromatic nitrogens is 1. The number of benzene rings is 1. The summed E-state index contributed by atoms with van der Waals surface area (Å²) in [5.74, 6) is -0.721. The van der Waals surface area contributed by atoms with E-state index in [0.717, 1.165) is 35.9 Å². The van der Waals surface area contributed by atoms with E-state index >= 15 is 0 Å². The fourth-order valence-electron chi connectivity index (χ4n) is 3.12. The van der Waals surface area contributed by atoms with Crippen molar-refractivity contribution in [1.29, 1.82) is 0 Å². The van der Waals surface area contributed by atoms with E-state index in [1.807, 2.05) is 30.3 Å². The van der Waals surface area contributed by atoms with Gasteiger partial charge in [0.05, 0.1) is 18.3 Å². The Labute approximate surface area is 165 Å². The van der Waals surface area contributed by atoms with E-state index in [4.69, 9.17) is 9.40 Å². The zero-order valence-corrected chi connectivity index (χ0v) is 15.8. The number of carbonyl (C=O) groups excluding carboxylic acids is 1. The lowest BCUT2D eigenvalue weighted by Gasteiger charge is -2.33. The second kappa shape index (κ2) is 7.91. The van der Waals surface area contributed by atoms with Crippen LogP contribution in [0, 0.1) is 10.1 Å². The number of nitro groups is 1. The minimum atomic E-state index is -0.646. The third-order valence-electron chi connectivity index (χ3n) is 4.62. The SMILES string of the molecule is O=C(c1ccc([N+](=O)[O-])o1)N1CCN(Cc2nc(-c3ccccc3)cs2)CC1. The summed E-state index contributed by atoms with van der Waals surface area (Å²) < 4.78 is 5.02. The third kappa shape index (κ3) is 3.95. The van der Waals surface area contributed by atoms with Crippen molar-refractivity contribution >= 4 is 23.1 Å². The van der Waals surface area contributed by atoms with Gasteiger partial charge in [-0.15, -0.1) is 11.3 Å². The summed E-state index contributed by atoms with van der Waals surface area (Å²) in [6.07, 6.45) is 0. The van der Waals surface area contributed by atoms with Crippen LogP contribution in [0.3, 0.4) is 0 Å². The molecule has 4 rings (SSSR count). The lowest BCUT2D eigenvalue weighted by molar-refractivity contribution is -0.402. The molecule has 1 amide bonds. The highest BCUT2D eigenvalue weighted by Gasteiger charge is 2.26. The van der Waals surface area contributed by atoms with Gasteiger partial charge in [0.1, 0.15) is 9.93 Å². The summed E-state index contributed by atoms with van der Waals surface area (Å²) >= 11 is 1.64. The maximum atomic E-state index is 12.4. The Hall–Kier alpha value is -3.04. The van der Waals surface area contributed by atoms with Gasteiger partial charge < -0.3 is 9.32 Å². The van der Waals surface area contributed by atoms with E-state index in [-0.39, 0.29) is 11.7 Å². The normalized spacial score (nSPS) is 14.9. The number of furan rings is 1. The molecule has 0 aliphatic carbocycles. The van der Waals surface area contributed by atoms with Crippen LogP contribution in [0.15, 0.2) is 52.3 Å². The van der Waals surface area contributed by atoms with Crippen molar-refractivity contribution in [2.75, 3.05) is 26.2 Å². The predicted octanol–water partition coefficient (Wildman–Crippen LogP) is 3.27. The highest BCUT2D eigenvalue weighted by atomic mass is 32.1. The smallest absolute Gasteiger partial charge is 0.395 e. The molecule has 1 saturated heterocycles. The van der Waals surface area contributed by atoms with Gasteiger partial charge in [-0.05, 0) is 6.07 Å². The fourth-order valence-corrected chi connectivity index (χ4v) is 3.97. The number of hydrogen-bond donors (Lipinski definition) is 0. The lowest BCUT2D eigenvalue weighted by atomic mass is 10.2. The Bertz CT molecular complexity index is 977. The molecule has 0 unspecified atom stereocenters. The third-order valence-corrected chi connectivity index (χ3v) is 5.46. The van der Waals surface area contributed by atoms with Gasteiger partial charge in [0.25, 0.3) is 5.91 Å². The topological polar surface area (TPSA) is 92.7 Å². The van der Waals surface area contributed by atoms with Gasteiger partial charge in [-0.1, -0.05) is 30.3 Å². The van der Waals surface area contributed by atoms with Gasteiger partial charge in [-0.2, -0.15) is 0 Å². The van der Waals surface area contributed by atoms with Crippen molar-refractivity contribution in [2.45, 2.75) is 6.54 Å². The molecular formula is C19H18N4O4S. The summed E-state index contributed by atoms with van der Waals surface area (Å²) in [6.45, 7) is 3.27. The van der Waals surface area contributed by atoms with Crippen molar-refractivity contribution in [3.63, 3.8) is 0 Å².